The molecular formula is C8H11N3OS. The van der Waals surface area contributed by atoms with Crippen molar-refractivity contribution in [3.63, 3.8) is 0 Å². The number of carbonyl (C=O) groups excluding carboxylic acids is 1. The molecule has 2 rings (SSSR count). The standard InChI is InChI=1S/C8H11N3OS/c1-13-8-9-2-6-3-11(5-12)4-7(6)10-8/h2,5-7H,3-4H2,1H3. The molecular weight excluding hydrogens is 186 g/mol. The van der Waals surface area contributed by atoms with E-state index in [2.05, 4.69) is 9.98 Å². The molecule has 0 spiro atoms. The van der Waals surface area contributed by atoms with Crippen molar-refractivity contribution in [1.29, 1.82) is 0 Å². The third-order valence-electron chi connectivity index (χ3n) is 2.35. The van der Waals surface area contributed by atoms with Crippen LogP contribution in [0.2, 0.25) is 0 Å². The second-order valence-electron chi connectivity index (χ2n) is 3.18. The highest BCUT2D eigenvalue weighted by Crippen LogP contribution is 2.22. The van der Waals surface area contributed by atoms with Crippen LogP contribution in [0.1, 0.15) is 0 Å². The molecule has 2 atom stereocenters. The summed E-state index contributed by atoms with van der Waals surface area (Å²) in [5, 5.41) is 0.828. The number of likely N-dealkylation sites (tertiary alicyclic amines) is 1. The van der Waals surface area contributed by atoms with Gasteiger partial charge >= 0.3 is 0 Å². The van der Waals surface area contributed by atoms with E-state index in [1.54, 1.807) is 16.7 Å². The summed E-state index contributed by atoms with van der Waals surface area (Å²) < 4.78 is 0. The van der Waals surface area contributed by atoms with E-state index in [1.807, 2.05) is 12.5 Å². The second kappa shape index (κ2) is 3.49. The summed E-state index contributed by atoms with van der Waals surface area (Å²) in [6, 6.07) is 0.241. The van der Waals surface area contributed by atoms with Gasteiger partial charge in [-0.15, -0.1) is 0 Å². The van der Waals surface area contributed by atoms with Gasteiger partial charge in [0.1, 0.15) is 0 Å². The highest BCUT2D eigenvalue weighted by molar-refractivity contribution is 8.13. The molecule has 0 aromatic carbocycles. The normalized spacial score (nSPS) is 31.5. The molecule has 0 saturated carbocycles. The molecule has 1 saturated heterocycles. The number of aliphatic imine (C=N–C) groups is 2. The molecule has 13 heavy (non-hydrogen) atoms. The molecule has 1 fully saturated rings. The zero-order valence-corrected chi connectivity index (χ0v) is 8.20. The Kier molecular flexibility index (Phi) is 2.35. The first-order valence-corrected chi connectivity index (χ1v) is 5.41. The molecule has 0 N–H and O–H groups in total. The molecule has 2 heterocycles. The topological polar surface area (TPSA) is 45.0 Å². The Morgan fingerprint density at radius 1 is 1.69 bits per heavy atom. The molecule has 2 aliphatic rings. The van der Waals surface area contributed by atoms with Crippen molar-refractivity contribution in [1.82, 2.24) is 4.90 Å². The number of thioether (sulfide) groups is 1. The average molecular weight is 197 g/mol. The van der Waals surface area contributed by atoms with Crippen LogP contribution in [0.25, 0.3) is 0 Å². The van der Waals surface area contributed by atoms with Gasteiger partial charge in [-0.2, -0.15) is 0 Å². The highest BCUT2D eigenvalue weighted by Gasteiger charge is 2.32. The minimum Gasteiger partial charge on any atom is -0.342 e. The summed E-state index contributed by atoms with van der Waals surface area (Å²) in [6.07, 6.45) is 4.77. The van der Waals surface area contributed by atoms with Crippen molar-refractivity contribution in [3.8, 4) is 0 Å². The van der Waals surface area contributed by atoms with E-state index < -0.39 is 0 Å². The van der Waals surface area contributed by atoms with Crippen molar-refractivity contribution in [3.05, 3.63) is 0 Å². The Labute approximate surface area is 81.1 Å². The fourth-order valence-corrected chi connectivity index (χ4v) is 2.06. The van der Waals surface area contributed by atoms with E-state index in [4.69, 9.17) is 0 Å². The van der Waals surface area contributed by atoms with Crippen LogP contribution in [-0.2, 0) is 4.79 Å². The number of carbonyl (C=O) groups is 1. The molecule has 0 aromatic heterocycles. The number of fused-ring (bicyclic) bond motifs is 1. The summed E-state index contributed by atoms with van der Waals surface area (Å²) in [6.45, 7) is 1.51. The third kappa shape index (κ3) is 1.60. The van der Waals surface area contributed by atoms with E-state index in [0.29, 0.717) is 5.92 Å². The smallest absolute Gasteiger partial charge is 0.209 e. The van der Waals surface area contributed by atoms with Gasteiger partial charge in [-0.1, -0.05) is 11.8 Å². The molecule has 70 valence electrons. The van der Waals surface area contributed by atoms with Crippen LogP contribution in [0.4, 0.5) is 0 Å². The van der Waals surface area contributed by atoms with Crippen molar-refractivity contribution >= 4 is 29.6 Å². The highest BCUT2D eigenvalue weighted by atomic mass is 32.2. The first kappa shape index (κ1) is 8.74. The Morgan fingerprint density at radius 2 is 2.54 bits per heavy atom. The first-order valence-electron chi connectivity index (χ1n) is 4.19. The monoisotopic (exact) mass is 197 g/mol. The van der Waals surface area contributed by atoms with Crippen LogP contribution in [0.5, 0.6) is 0 Å². The fraction of sp³-hybridized carbons (Fsp3) is 0.625. The Hall–Kier alpha value is -0.840. The fourth-order valence-electron chi connectivity index (χ4n) is 1.65. The van der Waals surface area contributed by atoms with Gasteiger partial charge in [-0.05, 0) is 6.26 Å². The van der Waals surface area contributed by atoms with Crippen LogP contribution in [-0.4, -0.2) is 48.1 Å². The maximum absolute atomic E-state index is 10.5. The summed E-state index contributed by atoms with van der Waals surface area (Å²) in [4.78, 5) is 20.9. The van der Waals surface area contributed by atoms with E-state index >= 15 is 0 Å². The van der Waals surface area contributed by atoms with Crippen LogP contribution in [0.3, 0.4) is 0 Å². The first-order chi connectivity index (χ1) is 6.33. The van der Waals surface area contributed by atoms with Crippen molar-refractivity contribution < 1.29 is 4.79 Å². The quantitative estimate of drug-likeness (QED) is 0.565. The molecule has 1 amide bonds. The Morgan fingerprint density at radius 3 is 3.23 bits per heavy atom. The Bertz CT molecular complexity index is 277. The van der Waals surface area contributed by atoms with Crippen LogP contribution in [0, 0.1) is 5.92 Å². The minimum absolute atomic E-state index is 0.241. The lowest BCUT2D eigenvalue weighted by Gasteiger charge is -2.13. The summed E-state index contributed by atoms with van der Waals surface area (Å²) in [7, 11) is 0. The second-order valence-corrected chi connectivity index (χ2v) is 3.96. The average Bonchev–Trinajstić information content (AvgIpc) is 2.58. The molecule has 0 aliphatic carbocycles. The molecule has 0 radical (unpaired) electrons. The molecule has 0 aromatic rings. The third-order valence-corrected chi connectivity index (χ3v) is 2.92. The number of hydrogen-bond acceptors (Lipinski definition) is 4. The number of amides is 1. The largest absolute Gasteiger partial charge is 0.342 e. The number of hydrogen-bond donors (Lipinski definition) is 0. The molecule has 0 bridgehead atoms. The van der Waals surface area contributed by atoms with Gasteiger partial charge in [-0.3, -0.25) is 9.79 Å². The van der Waals surface area contributed by atoms with Crippen molar-refractivity contribution in [2.75, 3.05) is 19.3 Å². The lowest BCUT2D eigenvalue weighted by atomic mass is 10.1. The molecule has 4 nitrogen and oxygen atoms in total. The maximum Gasteiger partial charge on any atom is 0.209 e. The van der Waals surface area contributed by atoms with E-state index in [9.17, 15) is 4.79 Å². The van der Waals surface area contributed by atoms with Crippen molar-refractivity contribution in [2.45, 2.75) is 6.04 Å². The number of rotatable bonds is 1. The van der Waals surface area contributed by atoms with Gasteiger partial charge in [0.25, 0.3) is 0 Å². The lowest BCUT2D eigenvalue weighted by Crippen LogP contribution is -2.22. The zero-order chi connectivity index (χ0) is 9.26. The van der Waals surface area contributed by atoms with E-state index in [-0.39, 0.29) is 6.04 Å². The van der Waals surface area contributed by atoms with Gasteiger partial charge in [0.15, 0.2) is 5.17 Å². The van der Waals surface area contributed by atoms with E-state index in [1.165, 1.54) is 0 Å². The van der Waals surface area contributed by atoms with Gasteiger partial charge in [-0.25, -0.2) is 4.99 Å². The molecule has 2 aliphatic heterocycles. The van der Waals surface area contributed by atoms with Crippen LogP contribution >= 0.6 is 11.8 Å². The van der Waals surface area contributed by atoms with Gasteiger partial charge in [0, 0.05) is 25.2 Å². The SMILES string of the molecule is CSC1=NC2CN(C=O)CC2C=N1. The van der Waals surface area contributed by atoms with Gasteiger partial charge in [0.05, 0.1) is 6.04 Å². The zero-order valence-electron chi connectivity index (χ0n) is 7.38. The van der Waals surface area contributed by atoms with Crippen molar-refractivity contribution in [2.24, 2.45) is 15.9 Å². The summed E-state index contributed by atoms with van der Waals surface area (Å²) >= 11 is 1.55. The van der Waals surface area contributed by atoms with Crippen LogP contribution < -0.4 is 0 Å². The summed E-state index contributed by atoms with van der Waals surface area (Å²) in [5.74, 6) is 0.334. The maximum atomic E-state index is 10.5. The molecule has 2 unspecified atom stereocenters. The van der Waals surface area contributed by atoms with E-state index in [0.717, 1.165) is 24.7 Å². The molecule has 5 heteroatoms. The van der Waals surface area contributed by atoms with Crippen LogP contribution in [0.15, 0.2) is 9.98 Å². The minimum atomic E-state index is 0.241. The number of nitrogens with zero attached hydrogens (tertiary/aromatic N) is 3. The number of amidine groups is 1. The summed E-state index contributed by atoms with van der Waals surface area (Å²) in [5.41, 5.74) is 0. The lowest BCUT2D eigenvalue weighted by molar-refractivity contribution is -0.117. The predicted octanol–water partition coefficient (Wildman–Crippen LogP) is 0.247. The Balaban J connectivity index is 2.11. The van der Waals surface area contributed by atoms with Gasteiger partial charge < -0.3 is 4.90 Å². The predicted molar refractivity (Wildman–Crippen MR) is 54.4 cm³/mol. The van der Waals surface area contributed by atoms with Gasteiger partial charge in [0.2, 0.25) is 6.41 Å².